The number of rotatable bonds is 6. The largest absolute Gasteiger partial charge is 0.311 e. The van der Waals surface area contributed by atoms with Crippen molar-refractivity contribution in [1.29, 1.82) is 0 Å². The molecule has 76 valence electrons. The highest BCUT2D eigenvalue weighted by atomic mass is 19.3. The molecule has 0 radical (unpaired) electrons. The van der Waals surface area contributed by atoms with E-state index in [1.54, 1.807) is 14.0 Å². The first-order valence-corrected chi connectivity index (χ1v) is 4.22. The lowest BCUT2D eigenvalue weighted by Crippen LogP contribution is -2.42. The van der Waals surface area contributed by atoms with Gasteiger partial charge in [-0.15, -0.1) is 6.42 Å². The SMILES string of the molecule is C#CCN(C)CC(F)(F)CNCC. The van der Waals surface area contributed by atoms with Gasteiger partial charge in [-0.2, -0.15) is 0 Å². The molecule has 0 aliphatic heterocycles. The first kappa shape index (κ1) is 12.3. The standard InChI is InChI=1S/C9H16F2N2/c1-4-6-13(3)8-9(10,11)7-12-5-2/h1,12H,5-8H2,2-3H3. The molecule has 0 aromatic rings. The third-order valence-corrected chi connectivity index (χ3v) is 1.50. The Kier molecular flexibility index (Phi) is 5.60. The van der Waals surface area contributed by atoms with Crippen molar-refractivity contribution in [2.75, 3.05) is 33.2 Å². The lowest BCUT2D eigenvalue weighted by molar-refractivity contribution is -0.0217. The molecule has 13 heavy (non-hydrogen) atoms. The third kappa shape index (κ3) is 6.50. The summed E-state index contributed by atoms with van der Waals surface area (Å²) in [5, 5.41) is 2.61. The van der Waals surface area contributed by atoms with Gasteiger partial charge in [0.2, 0.25) is 0 Å². The van der Waals surface area contributed by atoms with Gasteiger partial charge in [-0.1, -0.05) is 12.8 Å². The Labute approximate surface area is 78.3 Å². The summed E-state index contributed by atoms with van der Waals surface area (Å²) in [5.74, 6) is -0.388. The van der Waals surface area contributed by atoms with Crippen LogP contribution in [0.25, 0.3) is 0 Å². The fourth-order valence-corrected chi connectivity index (χ4v) is 0.970. The summed E-state index contributed by atoms with van der Waals surface area (Å²) in [6, 6.07) is 0. The highest BCUT2D eigenvalue weighted by molar-refractivity contribution is 4.88. The zero-order valence-electron chi connectivity index (χ0n) is 8.11. The molecule has 0 spiro atoms. The van der Waals surface area contributed by atoms with Crippen LogP contribution in [0.1, 0.15) is 6.92 Å². The zero-order valence-corrected chi connectivity index (χ0v) is 8.11. The van der Waals surface area contributed by atoms with Crippen molar-refractivity contribution in [2.45, 2.75) is 12.8 Å². The van der Waals surface area contributed by atoms with Crippen molar-refractivity contribution in [3.8, 4) is 12.3 Å². The molecule has 0 aliphatic rings. The number of nitrogens with one attached hydrogen (secondary N) is 1. The van der Waals surface area contributed by atoms with Gasteiger partial charge in [0, 0.05) is 0 Å². The fourth-order valence-electron chi connectivity index (χ4n) is 0.970. The molecule has 4 heteroatoms. The highest BCUT2D eigenvalue weighted by Gasteiger charge is 2.29. The van der Waals surface area contributed by atoms with Crippen LogP contribution in [0.3, 0.4) is 0 Å². The lowest BCUT2D eigenvalue weighted by Gasteiger charge is -2.22. The van der Waals surface area contributed by atoms with E-state index in [0.29, 0.717) is 6.54 Å². The number of nitrogens with zero attached hydrogens (tertiary/aromatic N) is 1. The van der Waals surface area contributed by atoms with Gasteiger partial charge in [-0.05, 0) is 13.6 Å². The van der Waals surface area contributed by atoms with Crippen LogP contribution in [0.15, 0.2) is 0 Å². The molecule has 0 atom stereocenters. The number of hydrogen-bond acceptors (Lipinski definition) is 2. The monoisotopic (exact) mass is 190 g/mol. The maximum atomic E-state index is 13.0. The number of halogens is 2. The molecular weight excluding hydrogens is 174 g/mol. The van der Waals surface area contributed by atoms with Crippen molar-refractivity contribution < 1.29 is 8.78 Å². The van der Waals surface area contributed by atoms with Gasteiger partial charge in [0.1, 0.15) is 0 Å². The summed E-state index contributed by atoms with van der Waals surface area (Å²) in [5.41, 5.74) is 0. The molecule has 0 rings (SSSR count). The van der Waals surface area contributed by atoms with E-state index in [-0.39, 0.29) is 19.6 Å². The van der Waals surface area contributed by atoms with Gasteiger partial charge in [-0.25, -0.2) is 8.78 Å². The second-order valence-electron chi connectivity index (χ2n) is 3.01. The van der Waals surface area contributed by atoms with Crippen molar-refractivity contribution in [1.82, 2.24) is 10.2 Å². The first-order chi connectivity index (χ1) is 6.02. The van der Waals surface area contributed by atoms with Crippen LogP contribution in [0, 0.1) is 12.3 Å². The minimum Gasteiger partial charge on any atom is -0.311 e. The molecule has 0 aliphatic carbocycles. The van der Waals surface area contributed by atoms with Gasteiger partial charge in [-0.3, -0.25) is 4.90 Å². The molecular formula is C9H16F2N2. The third-order valence-electron chi connectivity index (χ3n) is 1.50. The average molecular weight is 190 g/mol. The molecule has 0 amide bonds. The lowest BCUT2D eigenvalue weighted by atomic mass is 10.3. The van der Waals surface area contributed by atoms with Gasteiger partial charge >= 0.3 is 0 Å². The van der Waals surface area contributed by atoms with Crippen LogP contribution in [0.2, 0.25) is 0 Å². The molecule has 0 aromatic carbocycles. The molecule has 0 unspecified atom stereocenters. The predicted octanol–water partition coefficient (Wildman–Crippen LogP) is 0.796. The Bertz CT molecular complexity index is 175. The average Bonchev–Trinajstić information content (AvgIpc) is 2.00. The number of terminal acetylenes is 1. The van der Waals surface area contributed by atoms with Gasteiger partial charge < -0.3 is 5.32 Å². The van der Waals surface area contributed by atoms with Crippen LogP contribution in [-0.4, -0.2) is 44.0 Å². The van der Waals surface area contributed by atoms with Gasteiger partial charge in [0.15, 0.2) is 0 Å². The van der Waals surface area contributed by atoms with E-state index in [1.807, 2.05) is 0 Å². The minimum absolute atomic E-state index is 0.252. The Morgan fingerprint density at radius 3 is 2.62 bits per heavy atom. The molecule has 0 fully saturated rings. The predicted molar refractivity (Wildman–Crippen MR) is 49.8 cm³/mol. The summed E-state index contributed by atoms with van der Waals surface area (Å²) in [6.45, 7) is 2.00. The van der Waals surface area contributed by atoms with Crippen LogP contribution in [0.4, 0.5) is 8.78 Å². The van der Waals surface area contributed by atoms with Crippen molar-refractivity contribution >= 4 is 0 Å². The van der Waals surface area contributed by atoms with Crippen molar-refractivity contribution in [3.63, 3.8) is 0 Å². The topological polar surface area (TPSA) is 15.3 Å². The molecule has 0 saturated heterocycles. The van der Waals surface area contributed by atoms with Crippen LogP contribution in [0.5, 0.6) is 0 Å². The second-order valence-corrected chi connectivity index (χ2v) is 3.01. The van der Waals surface area contributed by atoms with Gasteiger partial charge in [0.25, 0.3) is 5.92 Å². The van der Waals surface area contributed by atoms with Crippen LogP contribution < -0.4 is 5.32 Å². The Morgan fingerprint density at radius 1 is 1.54 bits per heavy atom. The minimum atomic E-state index is -2.71. The molecule has 1 N–H and O–H groups in total. The van der Waals surface area contributed by atoms with E-state index in [4.69, 9.17) is 6.42 Å². The summed E-state index contributed by atoms with van der Waals surface area (Å²) >= 11 is 0. The van der Waals surface area contributed by atoms with E-state index in [0.717, 1.165) is 0 Å². The molecule has 0 bridgehead atoms. The second kappa shape index (κ2) is 5.90. The van der Waals surface area contributed by atoms with E-state index < -0.39 is 5.92 Å². The fraction of sp³-hybridized carbons (Fsp3) is 0.778. The highest BCUT2D eigenvalue weighted by Crippen LogP contribution is 2.12. The summed E-state index contributed by atoms with van der Waals surface area (Å²) < 4.78 is 26.0. The Hall–Kier alpha value is -0.660. The van der Waals surface area contributed by atoms with Crippen LogP contribution in [-0.2, 0) is 0 Å². The molecule has 0 saturated carbocycles. The molecule has 0 heterocycles. The maximum absolute atomic E-state index is 13.0. The van der Waals surface area contributed by atoms with E-state index in [9.17, 15) is 8.78 Å². The van der Waals surface area contributed by atoms with Gasteiger partial charge in [0.05, 0.1) is 19.6 Å². The number of alkyl halides is 2. The van der Waals surface area contributed by atoms with E-state index >= 15 is 0 Å². The normalized spacial score (nSPS) is 11.7. The van der Waals surface area contributed by atoms with E-state index in [2.05, 4.69) is 11.2 Å². The van der Waals surface area contributed by atoms with Crippen LogP contribution >= 0.6 is 0 Å². The molecule has 0 aromatic heterocycles. The van der Waals surface area contributed by atoms with E-state index in [1.165, 1.54) is 4.90 Å². The summed E-state index contributed by atoms with van der Waals surface area (Å²) in [7, 11) is 1.58. The smallest absolute Gasteiger partial charge is 0.272 e. The zero-order chi connectivity index (χ0) is 10.3. The Morgan fingerprint density at radius 2 is 2.15 bits per heavy atom. The quantitative estimate of drug-likeness (QED) is 0.623. The Balaban J connectivity index is 3.80. The summed E-state index contributed by atoms with van der Waals surface area (Å²) in [4.78, 5) is 1.43. The van der Waals surface area contributed by atoms with Crippen molar-refractivity contribution in [3.05, 3.63) is 0 Å². The van der Waals surface area contributed by atoms with Crippen molar-refractivity contribution in [2.24, 2.45) is 0 Å². The molecule has 2 nitrogen and oxygen atoms in total. The maximum Gasteiger partial charge on any atom is 0.272 e. The number of hydrogen-bond donors (Lipinski definition) is 1. The first-order valence-electron chi connectivity index (χ1n) is 4.22. The summed E-state index contributed by atoms with van der Waals surface area (Å²) in [6.07, 6.45) is 5.00.